The fourth-order valence-electron chi connectivity index (χ4n) is 3.73. The van der Waals surface area contributed by atoms with E-state index < -0.39 is 0 Å². The molecular weight excluding hydrogens is 386 g/mol. The van der Waals surface area contributed by atoms with Crippen molar-refractivity contribution in [2.75, 3.05) is 11.9 Å². The lowest BCUT2D eigenvalue weighted by atomic mass is 9.91. The van der Waals surface area contributed by atoms with E-state index in [1.54, 1.807) is 11.3 Å². The average molecular weight is 408 g/mol. The van der Waals surface area contributed by atoms with Crippen LogP contribution < -0.4 is 5.32 Å². The van der Waals surface area contributed by atoms with Crippen LogP contribution in [-0.4, -0.2) is 16.5 Å². The summed E-state index contributed by atoms with van der Waals surface area (Å²) < 4.78 is 0. The number of nitrogens with zero attached hydrogens (tertiary/aromatic N) is 2. The normalized spacial score (nSPS) is 11.1. The quantitative estimate of drug-likeness (QED) is 0.344. The summed E-state index contributed by atoms with van der Waals surface area (Å²) in [6.07, 6.45) is 0. The van der Waals surface area contributed by atoms with Gasteiger partial charge in [0.1, 0.15) is 5.82 Å². The summed E-state index contributed by atoms with van der Waals surface area (Å²) >= 11 is 1.66. The largest absolute Gasteiger partial charge is 0.368 e. The van der Waals surface area contributed by atoms with Gasteiger partial charge >= 0.3 is 0 Å². The van der Waals surface area contributed by atoms with Gasteiger partial charge in [0.25, 0.3) is 0 Å². The van der Waals surface area contributed by atoms with E-state index in [1.165, 1.54) is 11.1 Å². The predicted octanol–water partition coefficient (Wildman–Crippen LogP) is 6.60. The lowest BCUT2D eigenvalue weighted by Gasteiger charge is -2.20. The maximum Gasteiger partial charge on any atom is 0.162 e. The smallest absolute Gasteiger partial charge is 0.162 e. The Balaban J connectivity index is 1.53. The number of aromatic nitrogens is 2. The molecule has 5 aromatic rings. The SMILES string of the molecule is c1ccc(C(CNc2nc(-c3ccsc3)nc3ccccc23)c2ccccc2)cc1. The van der Waals surface area contributed by atoms with Gasteiger partial charge in [-0.25, -0.2) is 9.97 Å². The van der Waals surface area contributed by atoms with Crippen molar-refractivity contribution in [2.45, 2.75) is 5.92 Å². The number of thiophene rings is 1. The van der Waals surface area contributed by atoms with E-state index in [2.05, 4.69) is 88.9 Å². The predicted molar refractivity (Wildman–Crippen MR) is 126 cm³/mol. The van der Waals surface area contributed by atoms with Crippen molar-refractivity contribution in [3.8, 4) is 11.4 Å². The second kappa shape index (κ2) is 8.47. The molecule has 2 heterocycles. The molecule has 3 nitrogen and oxygen atoms in total. The van der Waals surface area contributed by atoms with Crippen LogP contribution in [0.2, 0.25) is 0 Å². The van der Waals surface area contributed by atoms with E-state index in [0.717, 1.165) is 34.7 Å². The average Bonchev–Trinajstić information content (AvgIpc) is 3.36. The molecule has 4 heteroatoms. The van der Waals surface area contributed by atoms with E-state index in [4.69, 9.17) is 9.97 Å². The van der Waals surface area contributed by atoms with E-state index in [-0.39, 0.29) is 5.92 Å². The number of hydrogen-bond acceptors (Lipinski definition) is 4. The number of benzene rings is 3. The molecule has 0 atom stereocenters. The lowest BCUT2D eigenvalue weighted by molar-refractivity contribution is 0.849. The molecule has 0 radical (unpaired) electrons. The fourth-order valence-corrected chi connectivity index (χ4v) is 4.36. The zero-order valence-corrected chi connectivity index (χ0v) is 17.2. The first kappa shape index (κ1) is 18.5. The first-order chi connectivity index (χ1) is 14.9. The minimum absolute atomic E-state index is 0.228. The number of anilines is 1. The molecule has 0 amide bonds. The summed E-state index contributed by atoms with van der Waals surface area (Å²) in [7, 11) is 0. The summed E-state index contributed by atoms with van der Waals surface area (Å²) in [4.78, 5) is 9.66. The summed E-state index contributed by atoms with van der Waals surface area (Å²) in [6.45, 7) is 0.748. The van der Waals surface area contributed by atoms with Gasteiger partial charge in [-0.2, -0.15) is 11.3 Å². The molecule has 5 rings (SSSR count). The Labute approximate surface area is 180 Å². The second-order valence-electron chi connectivity index (χ2n) is 7.18. The van der Waals surface area contributed by atoms with Crippen molar-refractivity contribution in [3.05, 3.63) is 113 Å². The molecule has 2 aromatic heterocycles. The molecule has 0 aliphatic carbocycles. The van der Waals surface area contributed by atoms with Crippen molar-refractivity contribution in [1.29, 1.82) is 0 Å². The van der Waals surface area contributed by atoms with Crippen LogP contribution in [0.15, 0.2) is 102 Å². The van der Waals surface area contributed by atoms with Crippen LogP contribution in [0.1, 0.15) is 17.0 Å². The van der Waals surface area contributed by atoms with E-state index in [0.29, 0.717) is 0 Å². The number of rotatable bonds is 6. The third-order valence-electron chi connectivity index (χ3n) is 5.26. The highest BCUT2D eigenvalue weighted by atomic mass is 32.1. The molecular formula is C26H21N3S. The fraction of sp³-hybridized carbons (Fsp3) is 0.0769. The molecule has 0 spiro atoms. The van der Waals surface area contributed by atoms with Gasteiger partial charge in [0, 0.05) is 28.8 Å². The molecule has 3 aromatic carbocycles. The third kappa shape index (κ3) is 3.82. The molecule has 0 aliphatic rings. The number of fused-ring (bicyclic) bond motifs is 1. The Morgan fingerprint density at radius 2 is 1.40 bits per heavy atom. The van der Waals surface area contributed by atoms with Crippen LogP contribution in [0.25, 0.3) is 22.3 Å². The van der Waals surface area contributed by atoms with Gasteiger partial charge in [-0.1, -0.05) is 72.8 Å². The zero-order valence-electron chi connectivity index (χ0n) is 16.4. The van der Waals surface area contributed by atoms with Crippen molar-refractivity contribution in [1.82, 2.24) is 9.97 Å². The third-order valence-corrected chi connectivity index (χ3v) is 5.94. The summed E-state index contributed by atoms with van der Waals surface area (Å²) in [5.74, 6) is 1.86. The lowest BCUT2D eigenvalue weighted by Crippen LogP contribution is -2.15. The van der Waals surface area contributed by atoms with Crippen molar-refractivity contribution in [2.24, 2.45) is 0 Å². The van der Waals surface area contributed by atoms with Gasteiger partial charge in [0.2, 0.25) is 0 Å². The number of nitrogens with one attached hydrogen (secondary N) is 1. The van der Waals surface area contributed by atoms with Gasteiger partial charge in [0.05, 0.1) is 5.52 Å². The molecule has 30 heavy (non-hydrogen) atoms. The van der Waals surface area contributed by atoms with Crippen LogP contribution in [0, 0.1) is 0 Å². The van der Waals surface area contributed by atoms with Gasteiger partial charge in [0.15, 0.2) is 5.82 Å². The van der Waals surface area contributed by atoms with Crippen molar-refractivity contribution in [3.63, 3.8) is 0 Å². The monoisotopic (exact) mass is 407 g/mol. The van der Waals surface area contributed by atoms with E-state index >= 15 is 0 Å². The Bertz CT molecular complexity index is 1200. The molecule has 0 aliphatic heterocycles. The Kier molecular flexibility index (Phi) is 5.23. The highest BCUT2D eigenvalue weighted by molar-refractivity contribution is 7.08. The zero-order chi connectivity index (χ0) is 20.2. The van der Waals surface area contributed by atoms with Gasteiger partial charge < -0.3 is 5.32 Å². The van der Waals surface area contributed by atoms with Crippen LogP contribution in [-0.2, 0) is 0 Å². The first-order valence-electron chi connectivity index (χ1n) is 10.0. The van der Waals surface area contributed by atoms with Gasteiger partial charge in [-0.3, -0.25) is 0 Å². The molecule has 0 fully saturated rings. The molecule has 0 saturated heterocycles. The van der Waals surface area contributed by atoms with Crippen LogP contribution in [0.3, 0.4) is 0 Å². The summed E-state index contributed by atoms with van der Waals surface area (Å²) in [5, 5.41) is 8.82. The van der Waals surface area contributed by atoms with Crippen LogP contribution in [0.4, 0.5) is 5.82 Å². The Hall–Kier alpha value is -3.50. The highest BCUT2D eigenvalue weighted by Gasteiger charge is 2.16. The van der Waals surface area contributed by atoms with Crippen LogP contribution in [0.5, 0.6) is 0 Å². The highest BCUT2D eigenvalue weighted by Crippen LogP contribution is 2.29. The Morgan fingerprint density at radius 3 is 2.07 bits per heavy atom. The second-order valence-corrected chi connectivity index (χ2v) is 7.96. The first-order valence-corrected chi connectivity index (χ1v) is 11.0. The topological polar surface area (TPSA) is 37.8 Å². The minimum atomic E-state index is 0.228. The van der Waals surface area contributed by atoms with Gasteiger partial charge in [-0.05, 0) is 34.7 Å². The molecule has 0 saturated carbocycles. The summed E-state index contributed by atoms with van der Waals surface area (Å²) in [6, 6.07) is 31.5. The maximum atomic E-state index is 4.89. The van der Waals surface area contributed by atoms with Gasteiger partial charge in [-0.15, -0.1) is 0 Å². The minimum Gasteiger partial charge on any atom is -0.368 e. The van der Waals surface area contributed by atoms with Crippen LogP contribution >= 0.6 is 11.3 Å². The number of hydrogen-bond donors (Lipinski definition) is 1. The molecule has 0 unspecified atom stereocenters. The molecule has 146 valence electrons. The number of para-hydroxylation sites is 1. The van der Waals surface area contributed by atoms with Crippen molar-refractivity contribution >= 4 is 28.1 Å². The maximum absolute atomic E-state index is 4.89. The molecule has 1 N–H and O–H groups in total. The van der Waals surface area contributed by atoms with E-state index in [9.17, 15) is 0 Å². The van der Waals surface area contributed by atoms with E-state index in [1.807, 2.05) is 18.2 Å². The molecule has 0 bridgehead atoms. The summed E-state index contributed by atoms with van der Waals surface area (Å²) in [5.41, 5.74) is 4.57. The standard InChI is InChI=1S/C26H21N3S/c1-3-9-19(10-4-1)23(20-11-5-2-6-12-20)17-27-26-22-13-7-8-14-24(22)28-25(29-26)21-15-16-30-18-21/h1-16,18,23H,17H2,(H,27,28,29). The van der Waals surface area contributed by atoms with Crippen molar-refractivity contribution < 1.29 is 0 Å². The Morgan fingerprint density at radius 1 is 0.733 bits per heavy atom.